The van der Waals surface area contributed by atoms with Crippen molar-refractivity contribution in [3.05, 3.63) is 45.9 Å². The number of amides is 3. The molecule has 1 aromatic carbocycles. The van der Waals surface area contributed by atoms with E-state index in [1.54, 1.807) is 34.5 Å². The molecule has 256 valence electrons. The minimum Gasteiger partial charge on any atom is -0.491 e. The molecule has 0 spiro atoms. The second-order valence-corrected chi connectivity index (χ2v) is 12.7. The summed E-state index contributed by atoms with van der Waals surface area (Å²) in [7, 11) is 1.33. The Balaban J connectivity index is 1.40. The Bertz CT molecular complexity index is 1380. The monoisotopic (exact) mass is 672 g/mol. The first-order chi connectivity index (χ1) is 22.7. The first kappa shape index (κ1) is 36.0. The number of thiazole rings is 1. The van der Waals surface area contributed by atoms with Gasteiger partial charge in [0.15, 0.2) is 0 Å². The molecule has 1 aromatic heterocycles. The van der Waals surface area contributed by atoms with E-state index < -0.39 is 24.1 Å². The second-order valence-electron chi connectivity index (χ2n) is 11.8. The molecule has 0 bridgehead atoms. The minimum atomic E-state index is -1.22. The van der Waals surface area contributed by atoms with Crippen molar-refractivity contribution in [1.29, 1.82) is 0 Å². The Kier molecular flexibility index (Phi) is 13.7. The molecule has 2 fully saturated rings. The van der Waals surface area contributed by atoms with Gasteiger partial charge in [0.2, 0.25) is 17.6 Å². The number of nitrogens with zero attached hydrogens (tertiary/aromatic N) is 3. The van der Waals surface area contributed by atoms with Crippen molar-refractivity contribution in [2.24, 2.45) is 5.92 Å². The highest BCUT2D eigenvalue weighted by Crippen LogP contribution is 2.36. The van der Waals surface area contributed by atoms with E-state index in [1.165, 1.54) is 25.3 Å². The highest BCUT2D eigenvalue weighted by Gasteiger charge is 2.40. The van der Waals surface area contributed by atoms with E-state index >= 15 is 0 Å². The zero-order chi connectivity index (χ0) is 33.8. The van der Waals surface area contributed by atoms with Gasteiger partial charge in [0.1, 0.15) is 48.0 Å². The lowest BCUT2D eigenvalue weighted by atomic mass is 9.83. The fraction of sp³-hybridized carbons (Fsp3) is 0.576. The highest BCUT2D eigenvalue weighted by molar-refractivity contribution is 7.10. The summed E-state index contributed by atoms with van der Waals surface area (Å²) in [5, 5.41) is 14.6. The smallest absolute Gasteiger partial charge is 0.407 e. The van der Waals surface area contributed by atoms with Gasteiger partial charge in [0, 0.05) is 24.5 Å². The molecule has 2 aromatic rings. The summed E-state index contributed by atoms with van der Waals surface area (Å²) in [5.41, 5.74) is 0.699. The van der Waals surface area contributed by atoms with E-state index in [1.807, 2.05) is 0 Å². The van der Waals surface area contributed by atoms with Gasteiger partial charge in [0.25, 0.3) is 0 Å². The van der Waals surface area contributed by atoms with Crippen molar-refractivity contribution in [2.75, 3.05) is 46.6 Å². The zero-order valence-electron chi connectivity index (χ0n) is 26.9. The van der Waals surface area contributed by atoms with E-state index in [-0.39, 0.29) is 42.6 Å². The Morgan fingerprint density at radius 3 is 2.57 bits per heavy atom. The predicted octanol–water partition coefficient (Wildman–Crippen LogP) is 3.71. The second kappa shape index (κ2) is 17.9. The van der Waals surface area contributed by atoms with Crippen LogP contribution in [-0.4, -0.2) is 109 Å². The van der Waals surface area contributed by atoms with Gasteiger partial charge in [-0.25, -0.2) is 9.78 Å². The van der Waals surface area contributed by atoms with Crippen molar-refractivity contribution in [3.63, 3.8) is 0 Å². The molecule has 2 unspecified atom stereocenters. The van der Waals surface area contributed by atoms with Crippen LogP contribution in [0, 0.1) is 5.92 Å². The van der Waals surface area contributed by atoms with Crippen LogP contribution in [0.1, 0.15) is 79.0 Å². The maximum Gasteiger partial charge on any atom is 0.407 e. The lowest BCUT2D eigenvalue weighted by Crippen LogP contribution is -2.56. The van der Waals surface area contributed by atoms with E-state index in [9.17, 15) is 29.1 Å². The summed E-state index contributed by atoms with van der Waals surface area (Å²) >= 11 is 1.33. The molecular formula is C33H44N4O9S. The number of benzene rings is 1. The lowest BCUT2D eigenvalue weighted by molar-refractivity contribution is -0.140. The number of likely N-dealkylation sites (N-methyl/N-ethyl adjacent to an activating group) is 1. The van der Waals surface area contributed by atoms with Crippen LogP contribution < -0.4 is 10.1 Å². The Morgan fingerprint density at radius 1 is 1.09 bits per heavy atom. The number of ether oxygens (including phenoxy) is 3. The fourth-order valence-electron chi connectivity index (χ4n) is 5.92. The largest absolute Gasteiger partial charge is 0.491 e. The molecule has 3 atom stereocenters. The third-order valence-corrected chi connectivity index (χ3v) is 9.62. The molecule has 0 radical (unpaired) electrons. The number of likely N-dealkylation sites (tertiary alicyclic amines) is 1. The molecule has 14 heteroatoms. The van der Waals surface area contributed by atoms with E-state index in [0.717, 1.165) is 43.4 Å². The molecule has 2 heterocycles. The number of rotatable bonds is 17. The summed E-state index contributed by atoms with van der Waals surface area (Å²) in [4.78, 5) is 69.7. The quantitative estimate of drug-likeness (QED) is 0.144. The third kappa shape index (κ3) is 9.81. The van der Waals surface area contributed by atoms with Crippen molar-refractivity contribution < 1.29 is 43.3 Å². The first-order valence-corrected chi connectivity index (χ1v) is 17.0. The molecule has 47 heavy (non-hydrogen) atoms. The van der Waals surface area contributed by atoms with Crippen LogP contribution in [0.4, 0.5) is 4.79 Å². The molecule has 1 saturated carbocycles. The Morgan fingerprint density at radius 2 is 1.83 bits per heavy atom. The van der Waals surface area contributed by atoms with Gasteiger partial charge in [-0.1, -0.05) is 31.4 Å². The number of nitrogens with one attached hydrogen (secondary N) is 1. The van der Waals surface area contributed by atoms with Crippen molar-refractivity contribution in [1.82, 2.24) is 20.1 Å². The van der Waals surface area contributed by atoms with E-state index in [0.29, 0.717) is 55.4 Å². The fourth-order valence-corrected chi connectivity index (χ4v) is 6.87. The van der Waals surface area contributed by atoms with Crippen LogP contribution in [0.5, 0.6) is 5.75 Å². The highest BCUT2D eigenvalue weighted by atomic mass is 32.1. The van der Waals surface area contributed by atoms with Crippen LogP contribution in [-0.2, 0) is 23.9 Å². The number of carbonyl (C=O) groups is 5. The standard InChI is InChI=1S/C33H44N4O9S/c1-22(36(2)33(42)43)30(40)35-28(23-8-4-3-5-9-23)32(41)37-13-7-12-27(37)31-34-26(21-47-31)29(39)24-10-6-11-25(20-24)46-19-18-45-17-16-44-15-14-38/h6,10-11,14,20-23,27-28H,3-5,7-9,12-13,15-19H2,1-2H3,(H,35,40)(H,42,43)/t22?,27-,28?/m0/s1. The molecular weight excluding hydrogens is 628 g/mol. The van der Waals surface area contributed by atoms with Gasteiger partial charge < -0.3 is 34.3 Å². The molecule has 3 amide bonds. The zero-order valence-corrected chi connectivity index (χ0v) is 27.7. The van der Waals surface area contributed by atoms with Crippen molar-refractivity contribution >= 4 is 41.3 Å². The summed E-state index contributed by atoms with van der Waals surface area (Å²) in [6.45, 7) is 3.29. The molecule has 13 nitrogen and oxygen atoms in total. The van der Waals surface area contributed by atoms with Crippen molar-refractivity contribution in [2.45, 2.75) is 70.0 Å². The maximum atomic E-state index is 14.1. The van der Waals surface area contributed by atoms with Gasteiger partial charge in [-0.15, -0.1) is 11.3 Å². The average molecular weight is 673 g/mol. The number of aromatic nitrogens is 1. The number of hydrogen-bond donors (Lipinski definition) is 2. The first-order valence-electron chi connectivity index (χ1n) is 16.1. The van der Waals surface area contributed by atoms with Crippen LogP contribution in [0.3, 0.4) is 0 Å². The van der Waals surface area contributed by atoms with E-state index in [2.05, 4.69) is 10.3 Å². The number of hydrogen-bond acceptors (Lipinski definition) is 10. The third-order valence-electron chi connectivity index (χ3n) is 8.67. The topological polar surface area (TPSA) is 165 Å². The van der Waals surface area contributed by atoms with Crippen LogP contribution in [0.2, 0.25) is 0 Å². The van der Waals surface area contributed by atoms with Crippen LogP contribution in [0.15, 0.2) is 29.6 Å². The van der Waals surface area contributed by atoms with Gasteiger partial charge in [-0.3, -0.25) is 19.3 Å². The van der Waals surface area contributed by atoms with Crippen LogP contribution in [0.25, 0.3) is 0 Å². The summed E-state index contributed by atoms with van der Waals surface area (Å²) in [6, 6.07) is 4.79. The lowest BCUT2D eigenvalue weighted by Gasteiger charge is -2.35. The number of carboxylic acid groups (broad SMARTS) is 1. The normalized spacial score (nSPS) is 17.9. The predicted molar refractivity (Wildman–Crippen MR) is 173 cm³/mol. The molecule has 4 rings (SSSR count). The average Bonchev–Trinajstić information content (AvgIpc) is 3.78. The molecule has 1 aliphatic heterocycles. The molecule has 2 N–H and O–H groups in total. The molecule has 1 aliphatic carbocycles. The summed E-state index contributed by atoms with van der Waals surface area (Å²) < 4.78 is 16.2. The Hall–Kier alpha value is -3.88. The Labute approximate surface area is 278 Å². The number of aldehydes is 1. The summed E-state index contributed by atoms with van der Waals surface area (Å²) in [5.74, 6) is -0.485. The number of carbonyl (C=O) groups excluding carboxylic acids is 4. The molecule has 1 saturated heterocycles. The summed E-state index contributed by atoms with van der Waals surface area (Å²) in [6.07, 6.45) is 5.53. The SMILES string of the molecule is CC(C(=O)NC(C(=O)N1CCC[C@H]1c1nc(C(=O)c2cccc(OCCOCCOCC=O)c2)cs1)C1CCCCC1)N(C)C(=O)O. The number of ketones is 1. The van der Waals surface area contributed by atoms with Gasteiger partial charge >= 0.3 is 6.09 Å². The van der Waals surface area contributed by atoms with Crippen molar-refractivity contribution in [3.8, 4) is 5.75 Å². The van der Waals surface area contributed by atoms with E-state index in [4.69, 9.17) is 14.2 Å². The van der Waals surface area contributed by atoms with Crippen LogP contribution >= 0.6 is 11.3 Å². The van der Waals surface area contributed by atoms with Gasteiger partial charge in [-0.2, -0.15) is 0 Å². The minimum absolute atomic E-state index is 0.0356. The maximum absolute atomic E-state index is 14.1. The molecule has 2 aliphatic rings. The van der Waals surface area contributed by atoms with Gasteiger partial charge in [0.05, 0.1) is 25.9 Å². The van der Waals surface area contributed by atoms with Gasteiger partial charge in [-0.05, 0) is 50.7 Å².